The largest absolute Gasteiger partial charge is 0.299 e. The lowest BCUT2D eigenvalue weighted by Crippen LogP contribution is -2.29. The van der Waals surface area contributed by atoms with Crippen molar-refractivity contribution >= 4 is 11.5 Å². The molecule has 1 saturated carbocycles. The zero-order valence-corrected chi connectivity index (χ0v) is 4.55. The molecule has 1 aliphatic carbocycles. The van der Waals surface area contributed by atoms with Crippen LogP contribution in [-0.4, -0.2) is 18.0 Å². The first kappa shape index (κ1) is 4.24. The van der Waals surface area contributed by atoms with Crippen molar-refractivity contribution in [3.05, 3.63) is 0 Å². The monoisotopic (exact) mass is 109 g/mol. The Kier molecular flexibility index (Phi) is 0.629. The highest BCUT2D eigenvalue weighted by atomic mass is 16.1. The molecule has 42 valence electrons. The van der Waals surface area contributed by atoms with Gasteiger partial charge in [-0.2, -0.15) is 0 Å². The average molecular weight is 109 g/mol. The Morgan fingerprint density at radius 2 is 2.38 bits per heavy atom. The summed E-state index contributed by atoms with van der Waals surface area (Å²) in [5, 5.41) is 0. The number of nitrogens with zero attached hydrogens (tertiary/aromatic N) is 1. The van der Waals surface area contributed by atoms with Crippen molar-refractivity contribution in [1.29, 1.82) is 0 Å². The molecule has 0 N–H and O–H groups in total. The second-order valence-corrected chi connectivity index (χ2v) is 2.37. The highest BCUT2D eigenvalue weighted by Gasteiger charge is 2.35. The Morgan fingerprint density at radius 1 is 1.62 bits per heavy atom. The van der Waals surface area contributed by atoms with Crippen LogP contribution < -0.4 is 0 Å². The van der Waals surface area contributed by atoms with Crippen molar-refractivity contribution in [2.75, 3.05) is 6.54 Å². The molecule has 0 aromatic rings. The molecule has 1 aliphatic heterocycles. The van der Waals surface area contributed by atoms with Crippen molar-refractivity contribution in [2.45, 2.75) is 12.8 Å². The van der Waals surface area contributed by atoms with Gasteiger partial charge in [0.25, 0.3) is 0 Å². The first-order valence-corrected chi connectivity index (χ1v) is 2.94. The SMILES string of the molecule is O=C1CCC1C1=NC1. The second-order valence-electron chi connectivity index (χ2n) is 2.37. The lowest BCUT2D eigenvalue weighted by atomic mass is 9.82. The van der Waals surface area contributed by atoms with Crippen LogP contribution >= 0.6 is 0 Å². The molecule has 8 heavy (non-hydrogen) atoms. The number of Topliss-reactive ketones (excluding diaryl/α,β-unsaturated/α-hetero) is 1. The Balaban J connectivity index is 2.06. The lowest BCUT2D eigenvalue weighted by Gasteiger charge is -2.19. The van der Waals surface area contributed by atoms with Crippen molar-refractivity contribution in [3.63, 3.8) is 0 Å². The molecule has 0 spiro atoms. The van der Waals surface area contributed by atoms with Crippen LogP contribution in [0.25, 0.3) is 0 Å². The number of hydrogen-bond acceptors (Lipinski definition) is 2. The van der Waals surface area contributed by atoms with Crippen molar-refractivity contribution in [1.82, 2.24) is 0 Å². The topological polar surface area (TPSA) is 29.4 Å². The summed E-state index contributed by atoms with van der Waals surface area (Å²) in [5.74, 6) is 0.677. The van der Waals surface area contributed by atoms with E-state index < -0.39 is 0 Å². The van der Waals surface area contributed by atoms with E-state index in [2.05, 4.69) is 4.99 Å². The van der Waals surface area contributed by atoms with Crippen LogP contribution in [0, 0.1) is 5.92 Å². The van der Waals surface area contributed by atoms with Crippen LogP contribution in [0.2, 0.25) is 0 Å². The molecule has 2 nitrogen and oxygen atoms in total. The highest BCUT2D eigenvalue weighted by Crippen LogP contribution is 2.27. The predicted octanol–water partition coefficient (Wildman–Crippen LogP) is 0.420. The van der Waals surface area contributed by atoms with E-state index in [-0.39, 0.29) is 5.92 Å². The summed E-state index contributed by atoms with van der Waals surface area (Å²) >= 11 is 0. The van der Waals surface area contributed by atoms with Crippen molar-refractivity contribution in [2.24, 2.45) is 10.9 Å². The molecule has 1 heterocycles. The van der Waals surface area contributed by atoms with Gasteiger partial charge in [0.05, 0.1) is 12.5 Å². The molecule has 0 aromatic heterocycles. The molecule has 1 fully saturated rings. The summed E-state index contributed by atoms with van der Waals surface area (Å²) in [6.45, 7) is 0.871. The maximum absolute atomic E-state index is 10.6. The molecule has 1 unspecified atom stereocenters. The highest BCUT2D eigenvalue weighted by molar-refractivity contribution is 6.14. The Hall–Kier alpha value is -0.660. The van der Waals surface area contributed by atoms with E-state index in [1.54, 1.807) is 0 Å². The van der Waals surface area contributed by atoms with Crippen LogP contribution in [0.1, 0.15) is 12.8 Å². The molecule has 0 aromatic carbocycles. The van der Waals surface area contributed by atoms with Gasteiger partial charge in [-0.05, 0) is 6.42 Å². The summed E-state index contributed by atoms with van der Waals surface area (Å²) in [4.78, 5) is 14.6. The Labute approximate surface area is 47.6 Å². The molecular formula is C6H7NO. The van der Waals surface area contributed by atoms with Gasteiger partial charge in [0.15, 0.2) is 0 Å². The fourth-order valence-electron chi connectivity index (χ4n) is 1.02. The molecule has 0 radical (unpaired) electrons. The standard InChI is InChI=1S/C6H7NO/c8-6-2-1-4(6)5-3-7-5/h4H,1-3H2. The van der Waals surface area contributed by atoms with Gasteiger partial charge in [0.1, 0.15) is 5.78 Å². The van der Waals surface area contributed by atoms with Crippen molar-refractivity contribution < 1.29 is 4.79 Å². The molecule has 0 saturated heterocycles. The maximum Gasteiger partial charge on any atom is 0.141 e. The summed E-state index contributed by atoms with van der Waals surface area (Å²) in [6.07, 6.45) is 1.86. The zero-order valence-electron chi connectivity index (χ0n) is 4.55. The van der Waals surface area contributed by atoms with Crippen LogP contribution in [0.3, 0.4) is 0 Å². The van der Waals surface area contributed by atoms with Gasteiger partial charge < -0.3 is 0 Å². The number of rotatable bonds is 1. The summed E-state index contributed by atoms with van der Waals surface area (Å²) in [7, 11) is 0. The zero-order chi connectivity index (χ0) is 5.56. The lowest BCUT2D eigenvalue weighted by molar-refractivity contribution is -0.126. The molecule has 2 heteroatoms. The molecule has 0 amide bonds. The van der Waals surface area contributed by atoms with Crippen LogP contribution in [0.15, 0.2) is 4.99 Å². The molecule has 0 bridgehead atoms. The minimum Gasteiger partial charge on any atom is -0.299 e. The smallest absolute Gasteiger partial charge is 0.141 e. The van der Waals surface area contributed by atoms with E-state index in [0.717, 1.165) is 25.1 Å². The second kappa shape index (κ2) is 1.19. The molecule has 2 aliphatic rings. The van der Waals surface area contributed by atoms with Crippen molar-refractivity contribution in [3.8, 4) is 0 Å². The van der Waals surface area contributed by atoms with Gasteiger partial charge in [-0.25, -0.2) is 0 Å². The van der Waals surface area contributed by atoms with Gasteiger partial charge >= 0.3 is 0 Å². The van der Waals surface area contributed by atoms with Crippen LogP contribution in [0.4, 0.5) is 0 Å². The first-order chi connectivity index (χ1) is 3.88. The van der Waals surface area contributed by atoms with E-state index in [0.29, 0.717) is 5.78 Å². The third-order valence-corrected chi connectivity index (χ3v) is 1.81. The number of carbonyl (C=O) groups excluding carboxylic acids is 1. The third-order valence-electron chi connectivity index (χ3n) is 1.81. The fourth-order valence-corrected chi connectivity index (χ4v) is 1.02. The summed E-state index contributed by atoms with van der Waals surface area (Å²) < 4.78 is 0. The Morgan fingerprint density at radius 3 is 2.50 bits per heavy atom. The third kappa shape index (κ3) is 0.427. The summed E-state index contributed by atoms with van der Waals surface area (Å²) in [5.41, 5.74) is 1.15. The molecule has 1 atom stereocenters. The number of hydrogen-bond donors (Lipinski definition) is 0. The quantitative estimate of drug-likeness (QED) is 0.479. The first-order valence-electron chi connectivity index (χ1n) is 2.94. The van der Waals surface area contributed by atoms with Gasteiger partial charge in [-0.15, -0.1) is 0 Å². The molecule has 2 rings (SSSR count). The van der Waals surface area contributed by atoms with E-state index in [1.807, 2.05) is 0 Å². The van der Waals surface area contributed by atoms with E-state index in [9.17, 15) is 4.79 Å². The maximum atomic E-state index is 10.6. The van der Waals surface area contributed by atoms with E-state index >= 15 is 0 Å². The van der Waals surface area contributed by atoms with Gasteiger partial charge in [-0.1, -0.05) is 0 Å². The Bertz CT molecular complexity index is 169. The molecular weight excluding hydrogens is 102 g/mol. The van der Waals surface area contributed by atoms with Gasteiger partial charge in [-0.3, -0.25) is 9.79 Å². The van der Waals surface area contributed by atoms with E-state index in [4.69, 9.17) is 0 Å². The minimum absolute atomic E-state index is 0.273. The summed E-state index contributed by atoms with van der Waals surface area (Å²) in [6, 6.07) is 0. The fraction of sp³-hybridized carbons (Fsp3) is 0.667. The number of ketones is 1. The van der Waals surface area contributed by atoms with Crippen LogP contribution in [-0.2, 0) is 4.79 Å². The average Bonchev–Trinajstić information content (AvgIpc) is 2.46. The number of aliphatic imine (C=N–C) groups is 1. The van der Waals surface area contributed by atoms with E-state index in [1.165, 1.54) is 0 Å². The minimum atomic E-state index is 0.273. The van der Waals surface area contributed by atoms with Gasteiger partial charge in [0, 0.05) is 12.1 Å². The predicted molar refractivity (Wildman–Crippen MR) is 30.0 cm³/mol. The number of carbonyl (C=O) groups is 1. The van der Waals surface area contributed by atoms with Gasteiger partial charge in [0.2, 0.25) is 0 Å². The normalized spacial score (nSPS) is 33.8. The van der Waals surface area contributed by atoms with Crippen LogP contribution in [0.5, 0.6) is 0 Å².